The third-order valence-corrected chi connectivity index (χ3v) is 3.54. The number of hydrogen-bond donors (Lipinski definition) is 2. The number of aromatic nitrogens is 2. The molecule has 0 aliphatic heterocycles. The van der Waals surface area contributed by atoms with Crippen molar-refractivity contribution in [1.29, 1.82) is 0 Å². The molecule has 1 aliphatic carbocycles. The van der Waals surface area contributed by atoms with Gasteiger partial charge in [0.15, 0.2) is 0 Å². The highest BCUT2D eigenvalue weighted by Gasteiger charge is 2.40. The molecular formula is C13H17N3O3. The molecule has 0 bridgehead atoms. The lowest BCUT2D eigenvalue weighted by Crippen LogP contribution is -2.54. The number of rotatable bonds is 3. The second-order valence-electron chi connectivity index (χ2n) is 4.88. The topological polar surface area (TPSA) is 92.2 Å². The molecule has 1 aromatic heterocycles. The minimum absolute atomic E-state index is 0.285. The van der Waals surface area contributed by atoms with E-state index in [0.717, 1.165) is 25.7 Å². The van der Waals surface area contributed by atoms with E-state index in [1.54, 1.807) is 0 Å². The molecule has 1 saturated carbocycles. The van der Waals surface area contributed by atoms with Crippen LogP contribution in [-0.4, -0.2) is 32.5 Å². The average Bonchev–Trinajstić information content (AvgIpc) is 2.66. The van der Waals surface area contributed by atoms with Crippen molar-refractivity contribution in [3.63, 3.8) is 0 Å². The number of carbonyl (C=O) groups is 2. The zero-order valence-corrected chi connectivity index (χ0v) is 10.6. The van der Waals surface area contributed by atoms with E-state index in [4.69, 9.17) is 0 Å². The highest BCUT2D eigenvalue weighted by atomic mass is 16.4. The predicted molar refractivity (Wildman–Crippen MR) is 67.6 cm³/mol. The van der Waals surface area contributed by atoms with Gasteiger partial charge in [-0.05, 0) is 12.8 Å². The molecule has 1 aromatic rings. The Labute approximate surface area is 111 Å². The van der Waals surface area contributed by atoms with Crippen LogP contribution in [0.3, 0.4) is 0 Å². The molecule has 19 heavy (non-hydrogen) atoms. The van der Waals surface area contributed by atoms with Gasteiger partial charge in [0, 0.05) is 12.4 Å². The van der Waals surface area contributed by atoms with Crippen molar-refractivity contribution < 1.29 is 14.7 Å². The summed E-state index contributed by atoms with van der Waals surface area (Å²) in [4.78, 5) is 31.2. The Morgan fingerprint density at radius 1 is 1.11 bits per heavy atom. The summed E-state index contributed by atoms with van der Waals surface area (Å²) in [5.41, 5.74) is -0.865. The maximum atomic E-state index is 12.1. The van der Waals surface area contributed by atoms with E-state index in [1.807, 2.05) is 0 Å². The molecule has 0 atom stereocenters. The van der Waals surface area contributed by atoms with E-state index in [-0.39, 0.29) is 5.56 Å². The Kier molecular flexibility index (Phi) is 4.09. The first kappa shape index (κ1) is 13.5. The summed E-state index contributed by atoms with van der Waals surface area (Å²) < 4.78 is 0. The van der Waals surface area contributed by atoms with Gasteiger partial charge < -0.3 is 10.4 Å². The molecule has 0 aromatic carbocycles. The van der Waals surface area contributed by atoms with Crippen LogP contribution in [0.25, 0.3) is 0 Å². The first-order valence-electron chi connectivity index (χ1n) is 6.45. The van der Waals surface area contributed by atoms with Crippen molar-refractivity contribution in [3.05, 3.63) is 24.3 Å². The minimum atomic E-state index is -1.15. The molecule has 102 valence electrons. The van der Waals surface area contributed by atoms with E-state index in [0.29, 0.717) is 12.8 Å². The van der Waals surface area contributed by atoms with Crippen molar-refractivity contribution in [2.75, 3.05) is 0 Å². The van der Waals surface area contributed by atoms with Gasteiger partial charge in [-0.25, -0.2) is 14.8 Å². The first-order chi connectivity index (χ1) is 9.14. The maximum Gasteiger partial charge on any atom is 0.329 e. The maximum absolute atomic E-state index is 12.1. The fourth-order valence-electron chi connectivity index (χ4n) is 2.43. The van der Waals surface area contributed by atoms with Gasteiger partial charge in [0.05, 0.1) is 5.56 Å². The second-order valence-corrected chi connectivity index (χ2v) is 4.88. The SMILES string of the molecule is O=C(NC1(C(=O)O)CCCCCC1)c1cncnc1. The Morgan fingerprint density at radius 2 is 1.68 bits per heavy atom. The van der Waals surface area contributed by atoms with Crippen LogP contribution in [0.5, 0.6) is 0 Å². The number of aliphatic carboxylic acids is 1. The standard InChI is InChI=1S/C13H17N3O3/c17-11(10-7-14-9-15-8-10)16-13(12(18)19)5-3-1-2-4-6-13/h7-9H,1-6H2,(H,16,17)(H,18,19). The summed E-state index contributed by atoms with van der Waals surface area (Å²) in [5, 5.41) is 12.1. The fourth-order valence-corrected chi connectivity index (χ4v) is 2.43. The average molecular weight is 263 g/mol. The summed E-state index contributed by atoms with van der Waals surface area (Å²) in [7, 11) is 0. The van der Waals surface area contributed by atoms with Crippen molar-refractivity contribution in [1.82, 2.24) is 15.3 Å². The number of carboxylic acid groups (broad SMARTS) is 1. The minimum Gasteiger partial charge on any atom is -0.480 e. The normalized spacial score (nSPS) is 18.3. The van der Waals surface area contributed by atoms with E-state index in [2.05, 4.69) is 15.3 Å². The van der Waals surface area contributed by atoms with Gasteiger partial charge in [-0.15, -0.1) is 0 Å². The molecular weight excluding hydrogens is 246 g/mol. The van der Waals surface area contributed by atoms with Crippen LogP contribution in [0.15, 0.2) is 18.7 Å². The molecule has 2 N–H and O–H groups in total. The number of carbonyl (C=O) groups excluding carboxylic acids is 1. The summed E-state index contributed by atoms with van der Waals surface area (Å²) in [6.07, 6.45) is 8.70. The van der Waals surface area contributed by atoms with Gasteiger partial charge in [-0.1, -0.05) is 25.7 Å². The van der Waals surface area contributed by atoms with E-state index in [1.165, 1.54) is 18.7 Å². The van der Waals surface area contributed by atoms with E-state index < -0.39 is 17.4 Å². The monoisotopic (exact) mass is 263 g/mol. The van der Waals surface area contributed by atoms with Gasteiger partial charge in [0.1, 0.15) is 11.9 Å². The Hall–Kier alpha value is -1.98. The zero-order valence-electron chi connectivity index (χ0n) is 10.6. The molecule has 0 spiro atoms. The molecule has 2 rings (SSSR count). The van der Waals surface area contributed by atoms with Gasteiger partial charge in [-0.3, -0.25) is 4.79 Å². The lowest BCUT2D eigenvalue weighted by Gasteiger charge is -2.29. The van der Waals surface area contributed by atoms with Crippen LogP contribution in [0.4, 0.5) is 0 Å². The molecule has 0 saturated heterocycles. The quantitative estimate of drug-likeness (QED) is 0.804. The summed E-state index contributed by atoms with van der Waals surface area (Å²) in [5.74, 6) is -1.38. The number of nitrogens with one attached hydrogen (secondary N) is 1. The molecule has 6 heteroatoms. The van der Waals surface area contributed by atoms with Gasteiger partial charge in [0.25, 0.3) is 5.91 Å². The van der Waals surface area contributed by atoms with Crippen molar-refractivity contribution in [2.24, 2.45) is 0 Å². The van der Waals surface area contributed by atoms with Crippen LogP contribution in [0, 0.1) is 0 Å². The summed E-state index contributed by atoms with van der Waals surface area (Å²) in [6, 6.07) is 0. The largest absolute Gasteiger partial charge is 0.480 e. The summed E-state index contributed by atoms with van der Waals surface area (Å²) >= 11 is 0. The Balaban J connectivity index is 2.17. The van der Waals surface area contributed by atoms with Gasteiger partial charge in [0.2, 0.25) is 0 Å². The van der Waals surface area contributed by atoms with Crippen molar-refractivity contribution >= 4 is 11.9 Å². The second kappa shape index (κ2) is 5.77. The summed E-state index contributed by atoms with van der Waals surface area (Å²) in [6.45, 7) is 0. The van der Waals surface area contributed by atoms with Crippen molar-refractivity contribution in [3.8, 4) is 0 Å². The van der Waals surface area contributed by atoms with Crippen LogP contribution >= 0.6 is 0 Å². The van der Waals surface area contributed by atoms with Crippen LogP contribution in [0.1, 0.15) is 48.9 Å². The van der Waals surface area contributed by atoms with Gasteiger partial charge in [-0.2, -0.15) is 0 Å². The number of nitrogens with zero attached hydrogens (tertiary/aromatic N) is 2. The molecule has 1 aliphatic rings. The van der Waals surface area contributed by atoms with Crippen LogP contribution < -0.4 is 5.32 Å². The fraction of sp³-hybridized carbons (Fsp3) is 0.538. The number of hydrogen-bond acceptors (Lipinski definition) is 4. The lowest BCUT2D eigenvalue weighted by molar-refractivity contribution is -0.145. The molecule has 6 nitrogen and oxygen atoms in total. The molecule has 0 unspecified atom stereocenters. The van der Waals surface area contributed by atoms with Gasteiger partial charge >= 0.3 is 5.97 Å². The Morgan fingerprint density at radius 3 is 2.21 bits per heavy atom. The van der Waals surface area contributed by atoms with Crippen LogP contribution in [0.2, 0.25) is 0 Å². The Bertz CT molecular complexity index is 453. The van der Waals surface area contributed by atoms with E-state index >= 15 is 0 Å². The molecule has 0 radical (unpaired) electrons. The lowest BCUT2D eigenvalue weighted by atomic mass is 9.90. The smallest absolute Gasteiger partial charge is 0.329 e. The number of amides is 1. The number of carboxylic acids is 1. The third-order valence-electron chi connectivity index (χ3n) is 3.54. The molecule has 1 heterocycles. The first-order valence-corrected chi connectivity index (χ1v) is 6.45. The highest BCUT2D eigenvalue weighted by molar-refractivity contribution is 5.97. The van der Waals surface area contributed by atoms with E-state index in [9.17, 15) is 14.7 Å². The third kappa shape index (κ3) is 3.07. The zero-order chi connectivity index (χ0) is 13.7. The highest BCUT2D eigenvalue weighted by Crippen LogP contribution is 2.27. The molecule has 1 fully saturated rings. The predicted octanol–water partition coefficient (Wildman–Crippen LogP) is 1.38. The molecule has 1 amide bonds. The van der Waals surface area contributed by atoms with Crippen LogP contribution in [-0.2, 0) is 4.79 Å². The van der Waals surface area contributed by atoms with Crippen molar-refractivity contribution in [2.45, 2.75) is 44.1 Å².